The molecule has 0 aromatic carbocycles. The molecule has 0 heterocycles. The summed E-state index contributed by atoms with van der Waals surface area (Å²) in [6.07, 6.45) is 84.6. The molecule has 438 valence electrons. The van der Waals surface area contributed by atoms with Crippen molar-refractivity contribution < 1.29 is 28.6 Å². The minimum atomic E-state index is -0.801. The van der Waals surface area contributed by atoms with Crippen molar-refractivity contribution in [3.8, 4) is 0 Å². The van der Waals surface area contributed by atoms with Crippen molar-refractivity contribution in [1.82, 2.24) is 0 Å². The SMILES string of the molecule is CC/C=C\C/C=C\C/C=C\C/C=C\CCCCC(=O)OCC(COC(=O)CCCCCCCCCCCCCCCCCCCCCCCCCC)OC(=O)CCCCCCCC/C=C\C/C=C\C/C=C\CCCCC. The van der Waals surface area contributed by atoms with E-state index in [0.29, 0.717) is 19.3 Å². The second-order valence-corrected chi connectivity index (χ2v) is 21.6. The standard InChI is InChI=1S/C70H122O6/c1-4-7-10-13-16-19-22-25-28-30-32-33-34-35-36-38-39-42-45-48-51-54-57-60-63-69(72)75-66-67(65-74-68(71)62-59-56-53-50-47-44-41-27-24-21-18-15-12-9-6-3)76-70(73)64-61-58-55-52-49-46-43-40-37-31-29-26-23-20-17-14-11-8-5-2/h9,12,17-18,20-21,26-27,29,37,40-41,47,50,67H,4-8,10-11,13-16,19,22-25,28,30-36,38-39,42-46,48-49,51-66H2,1-3H3/b12-9-,20-17-,21-18-,29-26-,40-37-,41-27-,50-47-. The second kappa shape index (κ2) is 64.1. The highest BCUT2D eigenvalue weighted by molar-refractivity contribution is 5.71. The van der Waals surface area contributed by atoms with E-state index < -0.39 is 6.10 Å². The lowest BCUT2D eigenvalue weighted by Gasteiger charge is -2.18. The Morgan fingerprint density at radius 1 is 0.276 bits per heavy atom. The summed E-state index contributed by atoms with van der Waals surface area (Å²) in [5.41, 5.74) is 0. The first-order chi connectivity index (χ1) is 37.5. The van der Waals surface area contributed by atoms with E-state index in [1.54, 1.807) is 0 Å². The van der Waals surface area contributed by atoms with Crippen LogP contribution in [0, 0.1) is 0 Å². The average Bonchev–Trinajstić information content (AvgIpc) is 3.42. The van der Waals surface area contributed by atoms with Crippen LogP contribution in [0.3, 0.4) is 0 Å². The third kappa shape index (κ3) is 61.4. The van der Waals surface area contributed by atoms with Gasteiger partial charge in [-0.2, -0.15) is 0 Å². The van der Waals surface area contributed by atoms with Gasteiger partial charge in [-0.05, 0) is 96.3 Å². The van der Waals surface area contributed by atoms with Gasteiger partial charge < -0.3 is 14.2 Å². The van der Waals surface area contributed by atoms with Gasteiger partial charge in [0, 0.05) is 19.3 Å². The van der Waals surface area contributed by atoms with Crippen molar-refractivity contribution >= 4 is 17.9 Å². The summed E-state index contributed by atoms with van der Waals surface area (Å²) in [5.74, 6) is -0.936. The van der Waals surface area contributed by atoms with Crippen molar-refractivity contribution in [2.45, 2.75) is 329 Å². The Hall–Kier alpha value is -3.41. The molecule has 0 aliphatic carbocycles. The van der Waals surface area contributed by atoms with Gasteiger partial charge in [0.05, 0.1) is 0 Å². The molecule has 0 rings (SSSR count). The second-order valence-electron chi connectivity index (χ2n) is 21.6. The van der Waals surface area contributed by atoms with Crippen molar-refractivity contribution in [1.29, 1.82) is 0 Å². The number of hydrogen-bond acceptors (Lipinski definition) is 6. The third-order valence-corrected chi connectivity index (χ3v) is 14.1. The number of esters is 3. The van der Waals surface area contributed by atoms with Gasteiger partial charge in [-0.1, -0.05) is 292 Å². The zero-order valence-corrected chi connectivity index (χ0v) is 50.3. The lowest BCUT2D eigenvalue weighted by atomic mass is 10.0. The first-order valence-corrected chi connectivity index (χ1v) is 32.6. The fraction of sp³-hybridized carbons (Fsp3) is 0.757. The van der Waals surface area contributed by atoms with E-state index in [2.05, 4.69) is 106 Å². The molecule has 1 atom stereocenters. The highest BCUT2D eigenvalue weighted by Crippen LogP contribution is 2.17. The van der Waals surface area contributed by atoms with Crippen molar-refractivity contribution in [3.05, 3.63) is 85.1 Å². The van der Waals surface area contributed by atoms with E-state index >= 15 is 0 Å². The van der Waals surface area contributed by atoms with Gasteiger partial charge in [-0.25, -0.2) is 0 Å². The minimum Gasteiger partial charge on any atom is -0.462 e. The zero-order valence-electron chi connectivity index (χ0n) is 50.3. The van der Waals surface area contributed by atoms with Crippen LogP contribution < -0.4 is 0 Å². The number of allylic oxidation sites excluding steroid dienone is 14. The summed E-state index contributed by atoms with van der Waals surface area (Å²) < 4.78 is 16.9. The van der Waals surface area contributed by atoms with Gasteiger partial charge in [-0.3, -0.25) is 14.4 Å². The van der Waals surface area contributed by atoms with Gasteiger partial charge in [0.25, 0.3) is 0 Å². The number of hydrogen-bond donors (Lipinski definition) is 0. The van der Waals surface area contributed by atoms with Crippen LogP contribution >= 0.6 is 0 Å². The number of carbonyl (C=O) groups is 3. The molecule has 1 unspecified atom stereocenters. The summed E-state index contributed by atoms with van der Waals surface area (Å²) >= 11 is 0. The molecule has 0 N–H and O–H groups in total. The Bertz CT molecular complexity index is 1450. The maximum Gasteiger partial charge on any atom is 0.306 e. The quantitative estimate of drug-likeness (QED) is 0.0261. The van der Waals surface area contributed by atoms with Crippen LogP contribution in [-0.4, -0.2) is 37.2 Å². The van der Waals surface area contributed by atoms with Crippen LogP contribution in [0.1, 0.15) is 323 Å². The van der Waals surface area contributed by atoms with Crippen molar-refractivity contribution in [3.63, 3.8) is 0 Å². The van der Waals surface area contributed by atoms with Gasteiger partial charge in [0.2, 0.25) is 0 Å². The van der Waals surface area contributed by atoms with Crippen LogP contribution in [0.15, 0.2) is 85.1 Å². The smallest absolute Gasteiger partial charge is 0.306 e. The number of ether oxygens (including phenoxy) is 3. The summed E-state index contributed by atoms with van der Waals surface area (Å²) in [6.45, 7) is 6.49. The van der Waals surface area contributed by atoms with Crippen molar-refractivity contribution in [2.75, 3.05) is 13.2 Å². The van der Waals surface area contributed by atoms with Gasteiger partial charge >= 0.3 is 17.9 Å². The van der Waals surface area contributed by atoms with Crippen LogP contribution in [0.2, 0.25) is 0 Å². The Labute approximate surface area is 471 Å². The van der Waals surface area contributed by atoms with Gasteiger partial charge in [0.15, 0.2) is 6.10 Å². The average molecular weight is 1060 g/mol. The number of carbonyl (C=O) groups excluding carboxylic acids is 3. The van der Waals surface area contributed by atoms with Crippen LogP contribution in [-0.2, 0) is 28.6 Å². The van der Waals surface area contributed by atoms with E-state index in [-0.39, 0.29) is 31.1 Å². The first-order valence-electron chi connectivity index (χ1n) is 32.6. The lowest BCUT2D eigenvalue weighted by Crippen LogP contribution is -2.30. The zero-order chi connectivity index (χ0) is 55.0. The van der Waals surface area contributed by atoms with E-state index in [1.807, 2.05) is 0 Å². The summed E-state index contributed by atoms with van der Waals surface area (Å²) in [4.78, 5) is 38.3. The molecule has 0 spiro atoms. The van der Waals surface area contributed by atoms with Crippen molar-refractivity contribution in [2.24, 2.45) is 0 Å². The highest BCUT2D eigenvalue weighted by atomic mass is 16.6. The maximum absolute atomic E-state index is 12.9. The predicted octanol–water partition coefficient (Wildman–Crippen LogP) is 22.3. The Morgan fingerprint density at radius 2 is 0.513 bits per heavy atom. The normalized spacial score (nSPS) is 12.6. The molecule has 0 aliphatic rings. The van der Waals surface area contributed by atoms with E-state index in [4.69, 9.17) is 14.2 Å². The maximum atomic E-state index is 12.9. The van der Waals surface area contributed by atoms with Crippen LogP contribution in [0.5, 0.6) is 0 Å². The molecule has 0 amide bonds. The lowest BCUT2D eigenvalue weighted by molar-refractivity contribution is -0.167. The van der Waals surface area contributed by atoms with E-state index in [9.17, 15) is 14.4 Å². The molecule has 0 saturated heterocycles. The molecular formula is C70H122O6. The molecule has 0 saturated carbocycles. The van der Waals surface area contributed by atoms with Crippen LogP contribution in [0.25, 0.3) is 0 Å². The molecule has 0 aliphatic heterocycles. The first kappa shape index (κ1) is 72.6. The fourth-order valence-electron chi connectivity index (χ4n) is 9.27. The molecule has 0 aromatic rings. The molecule has 76 heavy (non-hydrogen) atoms. The predicted molar refractivity (Wildman–Crippen MR) is 330 cm³/mol. The summed E-state index contributed by atoms with van der Waals surface area (Å²) in [5, 5.41) is 0. The molecule has 0 bridgehead atoms. The summed E-state index contributed by atoms with van der Waals surface area (Å²) in [7, 11) is 0. The highest BCUT2D eigenvalue weighted by Gasteiger charge is 2.19. The Morgan fingerprint density at radius 3 is 0.855 bits per heavy atom. The molecule has 0 fully saturated rings. The molecule has 0 radical (unpaired) electrons. The number of unbranched alkanes of at least 4 members (excludes halogenated alkanes) is 34. The largest absolute Gasteiger partial charge is 0.462 e. The van der Waals surface area contributed by atoms with Crippen LogP contribution in [0.4, 0.5) is 0 Å². The Kier molecular flexibility index (Phi) is 61.2. The van der Waals surface area contributed by atoms with Gasteiger partial charge in [-0.15, -0.1) is 0 Å². The molecule has 6 heteroatoms. The Balaban J connectivity index is 4.36. The third-order valence-electron chi connectivity index (χ3n) is 14.1. The number of rotatable bonds is 59. The monoisotopic (exact) mass is 1060 g/mol. The minimum absolute atomic E-state index is 0.0929. The fourth-order valence-corrected chi connectivity index (χ4v) is 9.27. The molecule has 6 nitrogen and oxygen atoms in total. The molecular weight excluding hydrogens is 937 g/mol. The van der Waals surface area contributed by atoms with E-state index in [0.717, 1.165) is 109 Å². The summed E-state index contributed by atoms with van der Waals surface area (Å²) in [6, 6.07) is 0. The van der Waals surface area contributed by atoms with Gasteiger partial charge in [0.1, 0.15) is 13.2 Å². The van der Waals surface area contributed by atoms with E-state index in [1.165, 1.54) is 173 Å². The topological polar surface area (TPSA) is 78.9 Å². The molecule has 0 aromatic heterocycles.